The lowest BCUT2D eigenvalue weighted by atomic mass is 9.96. The number of carboxylic acid groups (broad SMARTS) is 1. The Bertz CT molecular complexity index is 836. The van der Waals surface area contributed by atoms with Crippen molar-refractivity contribution < 1.29 is 23.8 Å². The summed E-state index contributed by atoms with van der Waals surface area (Å²) in [6.45, 7) is 2.38. The van der Waals surface area contributed by atoms with Crippen LogP contribution in [0.1, 0.15) is 42.0 Å². The zero-order chi connectivity index (χ0) is 18.7. The normalized spacial score (nSPS) is 14.8. The molecule has 0 aromatic heterocycles. The van der Waals surface area contributed by atoms with Crippen LogP contribution < -0.4 is 10.1 Å². The van der Waals surface area contributed by atoms with Crippen LogP contribution in [0.4, 0.5) is 4.39 Å². The molecule has 0 bridgehead atoms. The average molecular weight is 357 g/mol. The number of aliphatic carboxylic acids is 1. The van der Waals surface area contributed by atoms with E-state index in [1.165, 1.54) is 12.1 Å². The van der Waals surface area contributed by atoms with Crippen LogP contribution in [0.5, 0.6) is 5.75 Å². The van der Waals surface area contributed by atoms with E-state index in [1.807, 2.05) is 0 Å². The zero-order valence-electron chi connectivity index (χ0n) is 14.4. The first-order valence-electron chi connectivity index (χ1n) is 8.47. The minimum absolute atomic E-state index is 0.0707. The number of carbonyl (C=O) groups excluding carboxylic acids is 1. The summed E-state index contributed by atoms with van der Waals surface area (Å²) in [5, 5.41) is 12.1. The Morgan fingerprint density at radius 2 is 2.04 bits per heavy atom. The molecule has 0 fully saturated rings. The maximum absolute atomic E-state index is 13.3. The molecule has 0 saturated heterocycles. The lowest BCUT2D eigenvalue weighted by Gasteiger charge is -2.18. The molecular weight excluding hydrogens is 337 g/mol. The van der Waals surface area contributed by atoms with E-state index < -0.39 is 17.9 Å². The number of ether oxygens (including phenoxy) is 1. The Hall–Kier alpha value is -2.89. The third-order valence-corrected chi connectivity index (χ3v) is 4.51. The average Bonchev–Trinajstić information content (AvgIpc) is 3.07. The maximum Gasteiger partial charge on any atom is 0.330 e. The van der Waals surface area contributed by atoms with Gasteiger partial charge in [-0.05, 0) is 46.9 Å². The topological polar surface area (TPSA) is 75.6 Å². The van der Waals surface area contributed by atoms with Crippen molar-refractivity contribution in [2.75, 3.05) is 6.61 Å². The molecule has 6 heteroatoms. The molecule has 2 atom stereocenters. The molecule has 2 unspecified atom stereocenters. The summed E-state index contributed by atoms with van der Waals surface area (Å²) in [7, 11) is 0. The lowest BCUT2D eigenvalue weighted by molar-refractivity contribution is -0.142. The fourth-order valence-corrected chi connectivity index (χ4v) is 3.10. The van der Waals surface area contributed by atoms with Gasteiger partial charge in [0, 0.05) is 12.8 Å². The highest BCUT2D eigenvalue weighted by molar-refractivity contribution is 5.85. The van der Waals surface area contributed by atoms with E-state index in [2.05, 4.69) is 5.32 Å². The third-order valence-electron chi connectivity index (χ3n) is 4.51. The summed E-state index contributed by atoms with van der Waals surface area (Å²) in [5.41, 5.74) is 2.14. The SMILES string of the molecule is CC(CC(=O)NC(C(=O)O)c1ccc2c(c1)CCO2)c1cccc(F)c1. The molecule has 1 aliphatic rings. The second-order valence-corrected chi connectivity index (χ2v) is 6.46. The predicted molar refractivity (Wildman–Crippen MR) is 93.6 cm³/mol. The summed E-state index contributed by atoms with van der Waals surface area (Å²) < 4.78 is 18.7. The molecular formula is C20H20FNO4. The predicted octanol–water partition coefficient (Wildman–Crippen LogP) is 3.20. The molecule has 0 aliphatic carbocycles. The maximum atomic E-state index is 13.3. The molecule has 0 spiro atoms. The molecule has 2 N–H and O–H groups in total. The van der Waals surface area contributed by atoms with E-state index in [1.54, 1.807) is 37.3 Å². The van der Waals surface area contributed by atoms with E-state index in [0.29, 0.717) is 17.7 Å². The van der Waals surface area contributed by atoms with Crippen molar-refractivity contribution in [3.8, 4) is 5.75 Å². The van der Waals surface area contributed by atoms with Gasteiger partial charge in [-0.15, -0.1) is 0 Å². The third kappa shape index (κ3) is 4.02. The summed E-state index contributed by atoms with van der Waals surface area (Å²) >= 11 is 0. The quantitative estimate of drug-likeness (QED) is 0.832. The second-order valence-electron chi connectivity index (χ2n) is 6.46. The van der Waals surface area contributed by atoms with Gasteiger partial charge < -0.3 is 15.2 Å². The largest absolute Gasteiger partial charge is 0.493 e. The van der Waals surface area contributed by atoms with Gasteiger partial charge in [-0.3, -0.25) is 4.79 Å². The highest BCUT2D eigenvalue weighted by Gasteiger charge is 2.25. The van der Waals surface area contributed by atoms with Gasteiger partial charge >= 0.3 is 5.97 Å². The molecule has 5 nitrogen and oxygen atoms in total. The Morgan fingerprint density at radius 3 is 2.77 bits per heavy atom. The number of rotatable bonds is 6. The van der Waals surface area contributed by atoms with Crippen LogP contribution in [-0.4, -0.2) is 23.6 Å². The summed E-state index contributed by atoms with van der Waals surface area (Å²) in [6.07, 6.45) is 0.793. The molecule has 1 heterocycles. The Labute approximate surface area is 150 Å². The van der Waals surface area contributed by atoms with E-state index in [-0.39, 0.29) is 18.2 Å². The van der Waals surface area contributed by atoms with Crippen molar-refractivity contribution in [3.63, 3.8) is 0 Å². The van der Waals surface area contributed by atoms with Crippen molar-refractivity contribution in [1.29, 1.82) is 0 Å². The molecule has 1 amide bonds. The van der Waals surface area contributed by atoms with Gasteiger partial charge in [-0.1, -0.05) is 25.1 Å². The van der Waals surface area contributed by atoms with Crippen LogP contribution >= 0.6 is 0 Å². The van der Waals surface area contributed by atoms with Crippen molar-refractivity contribution in [3.05, 3.63) is 65.0 Å². The number of amides is 1. The minimum Gasteiger partial charge on any atom is -0.493 e. The van der Waals surface area contributed by atoms with Gasteiger partial charge in [-0.25, -0.2) is 9.18 Å². The first kappa shape index (κ1) is 17.9. The van der Waals surface area contributed by atoms with E-state index >= 15 is 0 Å². The number of halogens is 1. The number of nitrogens with one attached hydrogen (secondary N) is 1. The molecule has 0 saturated carbocycles. The van der Waals surface area contributed by atoms with Crippen LogP contribution in [0, 0.1) is 5.82 Å². The number of hydrogen-bond donors (Lipinski definition) is 2. The monoisotopic (exact) mass is 357 g/mol. The highest BCUT2D eigenvalue weighted by Crippen LogP contribution is 2.28. The summed E-state index contributed by atoms with van der Waals surface area (Å²) in [5.74, 6) is -1.36. The van der Waals surface area contributed by atoms with Crippen molar-refractivity contribution in [2.24, 2.45) is 0 Å². The van der Waals surface area contributed by atoms with E-state index in [4.69, 9.17) is 4.74 Å². The second kappa shape index (κ2) is 7.56. The molecule has 2 aromatic carbocycles. The zero-order valence-corrected chi connectivity index (χ0v) is 14.4. The summed E-state index contributed by atoms with van der Waals surface area (Å²) in [4.78, 5) is 24.0. The van der Waals surface area contributed by atoms with Crippen LogP contribution in [0.3, 0.4) is 0 Å². The van der Waals surface area contributed by atoms with Gasteiger partial charge in [0.25, 0.3) is 0 Å². The highest BCUT2D eigenvalue weighted by atomic mass is 19.1. The number of benzene rings is 2. The van der Waals surface area contributed by atoms with Crippen molar-refractivity contribution in [1.82, 2.24) is 5.32 Å². The standard InChI is InChI=1S/C20H20FNO4/c1-12(13-3-2-4-16(21)11-13)9-18(23)22-19(20(24)25)15-5-6-17-14(10-15)7-8-26-17/h2-6,10-12,19H,7-9H2,1H3,(H,22,23)(H,24,25). The van der Waals surface area contributed by atoms with Gasteiger partial charge in [0.2, 0.25) is 5.91 Å². The number of carboxylic acids is 1. The molecule has 136 valence electrons. The minimum atomic E-state index is -1.13. The number of fused-ring (bicyclic) bond motifs is 1. The molecule has 2 aromatic rings. The lowest BCUT2D eigenvalue weighted by Crippen LogP contribution is -2.34. The van der Waals surface area contributed by atoms with Crippen molar-refractivity contribution in [2.45, 2.75) is 31.7 Å². The van der Waals surface area contributed by atoms with E-state index in [0.717, 1.165) is 17.7 Å². The molecule has 0 radical (unpaired) electrons. The van der Waals surface area contributed by atoms with Gasteiger partial charge in [0.1, 0.15) is 11.6 Å². The fourth-order valence-electron chi connectivity index (χ4n) is 3.10. The molecule has 1 aliphatic heterocycles. The van der Waals surface area contributed by atoms with Crippen molar-refractivity contribution >= 4 is 11.9 Å². The van der Waals surface area contributed by atoms with Gasteiger partial charge in [0.05, 0.1) is 6.61 Å². The van der Waals surface area contributed by atoms with Crippen LogP contribution in [0.2, 0.25) is 0 Å². The van der Waals surface area contributed by atoms with Crippen LogP contribution in [0.15, 0.2) is 42.5 Å². The summed E-state index contributed by atoms with van der Waals surface area (Å²) in [6, 6.07) is 10.1. The smallest absolute Gasteiger partial charge is 0.330 e. The number of carbonyl (C=O) groups is 2. The first-order chi connectivity index (χ1) is 12.4. The first-order valence-corrected chi connectivity index (χ1v) is 8.47. The Morgan fingerprint density at radius 1 is 1.23 bits per heavy atom. The van der Waals surface area contributed by atoms with Crippen LogP contribution in [-0.2, 0) is 16.0 Å². The van der Waals surface area contributed by atoms with Gasteiger partial charge in [-0.2, -0.15) is 0 Å². The number of hydrogen-bond acceptors (Lipinski definition) is 3. The molecule has 26 heavy (non-hydrogen) atoms. The van der Waals surface area contributed by atoms with Gasteiger partial charge in [0.15, 0.2) is 6.04 Å². The Balaban J connectivity index is 1.70. The Kier molecular flexibility index (Phi) is 5.21. The molecule has 3 rings (SSSR count). The fraction of sp³-hybridized carbons (Fsp3) is 0.300. The van der Waals surface area contributed by atoms with Crippen LogP contribution in [0.25, 0.3) is 0 Å². The van der Waals surface area contributed by atoms with E-state index in [9.17, 15) is 19.1 Å².